The second-order valence-electron chi connectivity index (χ2n) is 6.33. The van der Waals surface area contributed by atoms with Crippen LogP contribution < -0.4 is 0 Å². The summed E-state index contributed by atoms with van der Waals surface area (Å²) in [6, 6.07) is 11.0. The van der Waals surface area contributed by atoms with Gasteiger partial charge in [0.05, 0.1) is 37.8 Å². The molecule has 0 saturated carbocycles. The minimum atomic E-state index is -1.86. The molecule has 3 atom stereocenters. The first-order valence-corrected chi connectivity index (χ1v) is 10.2. The lowest BCUT2D eigenvalue weighted by molar-refractivity contribution is -0.147. The first-order chi connectivity index (χ1) is 14.0. The number of methoxy groups -OCH3 is 2. The van der Waals surface area contributed by atoms with Gasteiger partial charge in [0.1, 0.15) is 11.7 Å². The molecule has 0 fully saturated rings. The zero-order valence-corrected chi connectivity index (χ0v) is 17.1. The molecule has 2 aromatic rings. The average Bonchev–Trinajstić information content (AvgIpc) is 3.45. The first-order valence-electron chi connectivity index (χ1n) is 8.45. The summed E-state index contributed by atoms with van der Waals surface area (Å²) in [5.41, 5.74) is -2.13. The van der Waals surface area contributed by atoms with Gasteiger partial charge >= 0.3 is 11.9 Å². The lowest BCUT2D eigenvalue weighted by Gasteiger charge is -2.43. The number of aliphatic hydroxyl groups excluding tert-OH is 1. The molecule has 0 saturated heterocycles. The molecule has 0 radical (unpaired) electrons. The van der Waals surface area contributed by atoms with Crippen molar-refractivity contribution in [3.8, 4) is 12.1 Å². The Hall–Kier alpha value is -3.14. The van der Waals surface area contributed by atoms with Gasteiger partial charge in [0.25, 0.3) is 0 Å². The van der Waals surface area contributed by atoms with E-state index in [4.69, 9.17) is 9.47 Å². The molecular weight excluding hydrogens is 412 g/mol. The van der Waals surface area contributed by atoms with Gasteiger partial charge in [0, 0.05) is 15.7 Å². The second kappa shape index (κ2) is 8.08. The molecule has 148 valence electrons. The third kappa shape index (κ3) is 3.09. The van der Waals surface area contributed by atoms with Crippen LogP contribution in [0, 0.1) is 34.0 Å². The maximum Gasteiger partial charge on any atom is 0.337 e. The van der Waals surface area contributed by atoms with Crippen molar-refractivity contribution < 1.29 is 24.2 Å². The highest BCUT2D eigenvalue weighted by molar-refractivity contribution is 7.10. The maximum absolute atomic E-state index is 12.7. The van der Waals surface area contributed by atoms with Crippen LogP contribution in [-0.4, -0.2) is 31.3 Å². The molecule has 1 N–H and O–H groups in total. The summed E-state index contributed by atoms with van der Waals surface area (Å²) in [5, 5.41) is 35.0. The number of hydrogen-bond acceptors (Lipinski definition) is 9. The Morgan fingerprint density at radius 3 is 2.10 bits per heavy atom. The molecule has 0 aliphatic heterocycles. The first kappa shape index (κ1) is 20.6. The number of nitriles is 2. The normalized spacial score (nSPS) is 23.0. The number of carbonyl (C=O) groups excluding carboxylic acids is 2. The molecule has 0 unspecified atom stereocenters. The summed E-state index contributed by atoms with van der Waals surface area (Å²) < 4.78 is 9.70. The lowest BCUT2D eigenvalue weighted by Crippen LogP contribution is -2.46. The molecule has 3 rings (SSSR count). The molecule has 2 heterocycles. The summed E-state index contributed by atoms with van der Waals surface area (Å²) in [5.74, 6) is -5.83. The van der Waals surface area contributed by atoms with Crippen molar-refractivity contribution in [3.63, 3.8) is 0 Å². The molecule has 0 spiro atoms. The number of carbonyl (C=O) groups is 2. The van der Waals surface area contributed by atoms with E-state index in [2.05, 4.69) is 12.1 Å². The number of ether oxygens (including phenoxy) is 2. The van der Waals surface area contributed by atoms with Gasteiger partial charge in [-0.3, -0.25) is 4.79 Å². The van der Waals surface area contributed by atoms with Gasteiger partial charge in [-0.15, -0.1) is 22.7 Å². The highest BCUT2D eigenvalue weighted by Crippen LogP contribution is 2.60. The summed E-state index contributed by atoms with van der Waals surface area (Å²) in [6.07, 6.45) is 0. The molecule has 2 aromatic heterocycles. The van der Waals surface area contributed by atoms with E-state index in [9.17, 15) is 25.2 Å². The van der Waals surface area contributed by atoms with Gasteiger partial charge in [0.15, 0.2) is 5.41 Å². The Morgan fingerprint density at radius 2 is 1.66 bits per heavy atom. The Balaban J connectivity index is 2.44. The smallest absolute Gasteiger partial charge is 0.337 e. The molecule has 7 nitrogen and oxygen atoms in total. The zero-order chi connectivity index (χ0) is 21.2. The van der Waals surface area contributed by atoms with E-state index in [1.165, 1.54) is 22.7 Å². The van der Waals surface area contributed by atoms with E-state index < -0.39 is 40.9 Å². The second-order valence-corrected chi connectivity index (χ2v) is 8.28. The summed E-state index contributed by atoms with van der Waals surface area (Å²) in [4.78, 5) is 26.4. The van der Waals surface area contributed by atoms with Crippen LogP contribution in [0.5, 0.6) is 0 Å². The number of thiophene rings is 2. The molecule has 0 bridgehead atoms. The van der Waals surface area contributed by atoms with Gasteiger partial charge in [-0.1, -0.05) is 12.1 Å². The van der Waals surface area contributed by atoms with Crippen molar-refractivity contribution in [2.24, 2.45) is 11.3 Å². The van der Waals surface area contributed by atoms with Crippen molar-refractivity contribution in [3.05, 3.63) is 56.1 Å². The number of hydrogen-bond donors (Lipinski definition) is 1. The van der Waals surface area contributed by atoms with E-state index in [0.717, 1.165) is 14.2 Å². The minimum Gasteiger partial charge on any atom is -0.511 e. The van der Waals surface area contributed by atoms with Crippen molar-refractivity contribution in [1.82, 2.24) is 0 Å². The monoisotopic (exact) mass is 428 g/mol. The van der Waals surface area contributed by atoms with E-state index in [0.29, 0.717) is 9.75 Å². The fourth-order valence-corrected chi connectivity index (χ4v) is 5.67. The molecular formula is C20H16N2O5S2. The molecule has 1 aliphatic carbocycles. The standard InChI is InChI=1S/C20H16N2O5S2/c1-26-18(24)13-15(11-5-3-7-28-11)20(9-21,10-22)16(12-6-4-8-29-12)14(17(13)23)19(25)27-2/h3-8,13,15-16,23H,1-2H3/t13-,15-,16+/m1/s1. The predicted octanol–water partition coefficient (Wildman–Crippen LogP) is 3.50. The van der Waals surface area contributed by atoms with Crippen molar-refractivity contribution >= 4 is 34.6 Å². The third-order valence-electron chi connectivity index (χ3n) is 5.05. The Kier molecular flexibility index (Phi) is 5.73. The maximum atomic E-state index is 12.7. The Bertz CT molecular complexity index is 1010. The highest BCUT2D eigenvalue weighted by atomic mass is 32.1. The van der Waals surface area contributed by atoms with Gasteiger partial charge in [-0.25, -0.2) is 4.79 Å². The van der Waals surface area contributed by atoms with Crippen molar-refractivity contribution in [2.45, 2.75) is 11.8 Å². The largest absolute Gasteiger partial charge is 0.511 e. The van der Waals surface area contributed by atoms with Crippen molar-refractivity contribution in [2.75, 3.05) is 14.2 Å². The van der Waals surface area contributed by atoms with Crippen LogP contribution in [0.2, 0.25) is 0 Å². The molecule has 1 aliphatic rings. The summed E-state index contributed by atoms with van der Waals surface area (Å²) >= 11 is 2.50. The van der Waals surface area contributed by atoms with Gasteiger partial charge in [0.2, 0.25) is 0 Å². The number of rotatable bonds is 4. The lowest BCUT2D eigenvalue weighted by atomic mass is 9.56. The highest BCUT2D eigenvalue weighted by Gasteiger charge is 2.62. The van der Waals surface area contributed by atoms with Crippen LogP contribution in [0.3, 0.4) is 0 Å². The quantitative estimate of drug-likeness (QED) is 0.740. The van der Waals surface area contributed by atoms with Crippen LogP contribution >= 0.6 is 22.7 Å². The average molecular weight is 428 g/mol. The number of aliphatic hydroxyl groups is 1. The third-order valence-corrected chi connectivity index (χ3v) is 6.94. The van der Waals surface area contributed by atoms with Crippen LogP contribution in [-0.2, 0) is 19.1 Å². The molecule has 0 aromatic carbocycles. The summed E-state index contributed by atoms with van der Waals surface area (Å²) in [6.45, 7) is 0. The zero-order valence-electron chi connectivity index (χ0n) is 15.5. The van der Waals surface area contributed by atoms with Crippen molar-refractivity contribution in [1.29, 1.82) is 10.5 Å². The van der Waals surface area contributed by atoms with Crippen LogP contribution in [0.25, 0.3) is 0 Å². The van der Waals surface area contributed by atoms with E-state index >= 15 is 0 Å². The number of esters is 2. The van der Waals surface area contributed by atoms with Gasteiger partial charge in [-0.2, -0.15) is 10.5 Å². The Labute approximate surface area is 175 Å². The van der Waals surface area contributed by atoms with Crippen LogP contribution in [0.15, 0.2) is 46.4 Å². The number of nitrogens with zero attached hydrogens (tertiary/aromatic N) is 2. The van der Waals surface area contributed by atoms with E-state index in [-0.39, 0.29) is 5.57 Å². The topological polar surface area (TPSA) is 120 Å². The molecule has 9 heteroatoms. The SMILES string of the molecule is COC(=O)C1=C(O)[C@H](C(=O)OC)[C@@H](c2cccs2)C(C#N)(C#N)[C@H]1c1cccs1. The fraction of sp³-hybridized carbons (Fsp3) is 0.300. The Morgan fingerprint density at radius 1 is 1.07 bits per heavy atom. The molecule has 29 heavy (non-hydrogen) atoms. The van der Waals surface area contributed by atoms with Gasteiger partial charge < -0.3 is 14.6 Å². The minimum absolute atomic E-state index is 0.277. The van der Waals surface area contributed by atoms with E-state index in [1.54, 1.807) is 35.0 Å². The molecule has 0 amide bonds. The predicted molar refractivity (Wildman–Crippen MR) is 105 cm³/mol. The van der Waals surface area contributed by atoms with Crippen LogP contribution in [0.1, 0.15) is 21.6 Å². The summed E-state index contributed by atoms with van der Waals surface area (Å²) in [7, 11) is 2.28. The fourth-order valence-electron chi connectivity index (χ4n) is 3.82. The van der Waals surface area contributed by atoms with Gasteiger partial charge in [-0.05, 0) is 22.9 Å². The van der Waals surface area contributed by atoms with Crippen LogP contribution in [0.4, 0.5) is 0 Å². The van der Waals surface area contributed by atoms with E-state index in [1.807, 2.05) is 0 Å².